The predicted molar refractivity (Wildman–Crippen MR) is 254 cm³/mol. The van der Waals surface area contributed by atoms with Gasteiger partial charge in [0, 0.05) is 26.9 Å². The maximum Gasteiger partial charge on any atom is 0.136 e. The van der Waals surface area contributed by atoms with Crippen LogP contribution < -0.4 is 0 Å². The SMILES string of the molecule is c1ccc2c(c1)ccc1c3ccccc3c(-c3ccc4oc5ccc(-c6ccc7c(c6)c6ccccc6c6ccc8oc9ccc%10ccccc%10c9c8c67)cc5c4c3)cc21. The summed E-state index contributed by atoms with van der Waals surface area (Å²) in [5, 5.41) is 22.0. The van der Waals surface area contributed by atoms with Crippen LogP contribution in [0.15, 0.2) is 203 Å². The molecule has 14 rings (SSSR count). The van der Waals surface area contributed by atoms with E-state index in [1.807, 2.05) is 0 Å². The average molecular weight is 761 g/mol. The zero-order valence-corrected chi connectivity index (χ0v) is 32.3. The minimum absolute atomic E-state index is 0.888. The summed E-state index contributed by atoms with van der Waals surface area (Å²) >= 11 is 0. The van der Waals surface area contributed by atoms with Gasteiger partial charge in [-0.3, -0.25) is 0 Å². The molecule has 0 saturated heterocycles. The fourth-order valence-electron chi connectivity index (χ4n) is 10.5. The van der Waals surface area contributed by atoms with Crippen molar-refractivity contribution >= 4 is 119 Å². The Morgan fingerprint density at radius 2 is 0.650 bits per heavy atom. The summed E-state index contributed by atoms with van der Waals surface area (Å²) in [7, 11) is 0. The van der Waals surface area contributed by atoms with E-state index in [-0.39, 0.29) is 0 Å². The van der Waals surface area contributed by atoms with E-state index >= 15 is 0 Å². The standard InChI is InChI=1S/C58H32O2/c1-3-11-38-33(9-1)17-22-44-40-13-5-7-15-42(40)47(32-49(38)44)37-21-26-53-51(31-37)50-30-36(20-25-52(50)59-53)35-18-23-46-48(29-35)43-16-8-6-14-41(43)45-24-28-55-58(56(45)46)57-39-12-4-2-10-34(39)19-27-54(57)60-55/h1-32H. The molecule has 2 aromatic heterocycles. The van der Waals surface area contributed by atoms with Crippen LogP contribution in [0.3, 0.4) is 0 Å². The van der Waals surface area contributed by atoms with Gasteiger partial charge in [-0.25, -0.2) is 0 Å². The van der Waals surface area contributed by atoms with Gasteiger partial charge in [0.05, 0.1) is 0 Å². The molecular formula is C58H32O2. The van der Waals surface area contributed by atoms with Gasteiger partial charge in [0.25, 0.3) is 0 Å². The molecule has 276 valence electrons. The number of furan rings is 2. The second kappa shape index (κ2) is 11.8. The summed E-state index contributed by atoms with van der Waals surface area (Å²) in [5.74, 6) is 0. The monoisotopic (exact) mass is 760 g/mol. The molecule has 2 heteroatoms. The molecular weight excluding hydrogens is 729 g/mol. The highest BCUT2D eigenvalue weighted by Crippen LogP contribution is 2.46. The molecule has 14 aromatic rings. The third-order valence-electron chi connectivity index (χ3n) is 13.2. The second-order valence-electron chi connectivity index (χ2n) is 16.3. The Morgan fingerprint density at radius 1 is 0.217 bits per heavy atom. The second-order valence-corrected chi connectivity index (χ2v) is 16.3. The topological polar surface area (TPSA) is 26.3 Å². The van der Waals surface area contributed by atoms with E-state index in [1.165, 1.54) is 103 Å². The molecule has 0 spiro atoms. The zero-order valence-electron chi connectivity index (χ0n) is 32.3. The van der Waals surface area contributed by atoms with Crippen molar-refractivity contribution in [2.75, 3.05) is 0 Å². The zero-order chi connectivity index (χ0) is 39.1. The molecule has 0 aliphatic rings. The van der Waals surface area contributed by atoms with E-state index in [0.29, 0.717) is 0 Å². The minimum atomic E-state index is 0.888. The highest BCUT2D eigenvalue weighted by atomic mass is 16.3. The Bertz CT molecular complexity index is 4180. The van der Waals surface area contributed by atoms with Crippen molar-refractivity contribution in [1.29, 1.82) is 0 Å². The minimum Gasteiger partial charge on any atom is -0.456 e. The van der Waals surface area contributed by atoms with Crippen LogP contribution in [0.25, 0.3) is 142 Å². The largest absolute Gasteiger partial charge is 0.456 e. The van der Waals surface area contributed by atoms with Crippen LogP contribution in [0.1, 0.15) is 0 Å². The quantitative estimate of drug-likeness (QED) is 0.164. The molecule has 60 heavy (non-hydrogen) atoms. The molecule has 0 saturated carbocycles. The van der Waals surface area contributed by atoms with Crippen molar-refractivity contribution in [1.82, 2.24) is 0 Å². The van der Waals surface area contributed by atoms with Gasteiger partial charge < -0.3 is 8.83 Å². The Balaban J connectivity index is 0.989. The van der Waals surface area contributed by atoms with Gasteiger partial charge in [0.1, 0.15) is 22.3 Å². The lowest BCUT2D eigenvalue weighted by Gasteiger charge is -2.13. The third kappa shape index (κ3) is 4.37. The molecule has 12 aromatic carbocycles. The maximum absolute atomic E-state index is 6.58. The summed E-state index contributed by atoms with van der Waals surface area (Å²) in [6, 6.07) is 70.9. The number of benzene rings is 12. The van der Waals surface area contributed by atoms with Gasteiger partial charge in [-0.05, 0) is 147 Å². The van der Waals surface area contributed by atoms with Crippen LogP contribution in [0.5, 0.6) is 0 Å². The van der Waals surface area contributed by atoms with E-state index < -0.39 is 0 Å². The Hall–Kier alpha value is -7.94. The molecule has 0 atom stereocenters. The van der Waals surface area contributed by atoms with E-state index in [9.17, 15) is 0 Å². The van der Waals surface area contributed by atoms with Gasteiger partial charge in [0.2, 0.25) is 0 Å². The van der Waals surface area contributed by atoms with Crippen molar-refractivity contribution in [3.63, 3.8) is 0 Å². The van der Waals surface area contributed by atoms with Gasteiger partial charge in [-0.15, -0.1) is 0 Å². The molecule has 0 unspecified atom stereocenters. The number of rotatable bonds is 2. The lowest BCUT2D eigenvalue weighted by molar-refractivity contribution is 0.669. The fraction of sp³-hybridized carbons (Fsp3) is 0. The lowest BCUT2D eigenvalue weighted by atomic mass is 9.89. The van der Waals surface area contributed by atoms with Crippen LogP contribution in [-0.4, -0.2) is 0 Å². The van der Waals surface area contributed by atoms with Crippen molar-refractivity contribution in [2.24, 2.45) is 0 Å². The van der Waals surface area contributed by atoms with Gasteiger partial charge in [-0.2, -0.15) is 0 Å². The Kier molecular flexibility index (Phi) is 6.32. The van der Waals surface area contributed by atoms with Crippen LogP contribution in [0.4, 0.5) is 0 Å². The predicted octanol–water partition coefficient (Wildman–Crippen LogP) is 16.9. The fourth-order valence-corrected chi connectivity index (χ4v) is 10.5. The molecule has 0 aliphatic heterocycles. The van der Waals surface area contributed by atoms with E-state index in [4.69, 9.17) is 8.83 Å². The normalized spacial score (nSPS) is 12.3. The third-order valence-corrected chi connectivity index (χ3v) is 13.2. The van der Waals surface area contributed by atoms with E-state index in [1.54, 1.807) is 0 Å². The highest BCUT2D eigenvalue weighted by molar-refractivity contribution is 6.37. The van der Waals surface area contributed by atoms with Gasteiger partial charge in [-0.1, -0.05) is 140 Å². The molecule has 0 bridgehead atoms. The summed E-state index contributed by atoms with van der Waals surface area (Å²) in [4.78, 5) is 0. The number of hydrogen-bond acceptors (Lipinski definition) is 2. The van der Waals surface area contributed by atoms with Crippen LogP contribution in [0.2, 0.25) is 0 Å². The average Bonchev–Trinajstić information content (AvgIpc) is 3.89. The van der Waals surface area contributed by atoms with Gasteiger partial charge in [0.15, 0.2) is 0 Å². The molecule has 2 nitrogen and oxygen atoms in total. The lowest BCUT2D eigenvalue weighted by Crippen LogP contribution is -1.86. The van der Waals surface area contributed by atoms with Crippen LogP contribution in [-0.2, 0) is 0 Å². The number of hydrogen-bond donors (Lipinski definition) is 0. The van der Waals surface area contributed by atoms with Crippen LogP contribution in [0, 0.1) is 0 Å². The summed E-state index contributed by atoms with van der Waals surface area (Å²) in [6.07, 6.45) is 0. The Morgan fingerprint density at radius 3 is 1.43 bits per heavy atom. The van der Waals surface area contributed by atoms with Crippen molar-refractivity contribution in [3.05, 3.63) is 194 Å². The molecule has 0 radical (unpaired) electrons. The molecule has 0 amide bonds. The Labute approximate surface area is 343 Å². The van der Waals surface area contributed by atoms with Crippen molar-refractivity contribution in [2.45, 2.75) is 0 Å². The summed E-state index contributed by atoms with van der Waals surface area (Å²) in [5.41, 5.74) is 8.33. The first-order valence-electron chi connectivity index (χ1n) is 20.6. The van der Waals surface area contributed by atoms with Crippen molar-refractivity contribution < 1.29 is 8.83 Å². The molecule has 2 heterocycles. The first kappa shape index (κ1) is 32.1. The molecule has 0 aliphatic carbocycles. The molecule has 0 fully saturated rings. The smallest absolute Gasteiger partial charge is 0.136 e. The molecule has 0 N–H and O–H groups in total. The van der Waals surface area contributed by atoms with Crippen LogP contribution >= 0.6 is 0 Å². The first-order chi connectivity index (χ1) is 29.7. The number of fused-ring (bicyclic) bond motifs is 20. The van der Waals surface area contributed by atoms with E-state index in [2.05, 4.69) is 194 Å². The first-order valence-corrected chi connectivity index (χ1v) is 20.6. The summed E-state index contributed by atoms with van der Waals surface area (Å²) < 4.78 is 13.1. The highest BCUT2D eigenvalue weighted by Gasteiger charge is 2.19. The van der Waals surface area contributed by atoms with Gasteiger partial charge >= 0.3 is 0 Å². The van der Waals surface area contributed by atoms with E-state index in [0.717, 1.165) is 38.7 Å². The maximum atomic E-state index is 6.58. The summed E-state index contributed by atoms with van der Waals surface area (Å²) in [6.45, 7) is 0. The van der Waals surface area contributed by atoms with Crippen molar-refractivity contribution in [3.8, 4) is 22.3 Å².